The van der Waals surface area contributed by atoms with Gasteiger partial charge in [0.1, 0.15) is 5.82 Å². The van der Waals surface area contributed by atoms with Crippen molar-refractivity contribution in [3.63, 3.8) is 0 Å². The minimum atomic E-state index is -0.991. The van der Waals surface area contributed by atoms with Crippen molar-refractivity contribution in [1.29, 1.82) is 0 Å². The van der Waals surface area contributed by atoms with Crippen LogP contribution < -0.4 is 15.2 Å². The number of carbonyl (C=O) groups is 3. The van der Waals surface area contributed by atoms with Gasteiger partial charge >= 0.3 is 11.9 Å². The summed E-state index contributed by atoms with van der Waals surface area (Å²) in [6.45, 7) is 5.24. The van der Waals surface area contributed by atoms with E-state index in [-0.39, 0.29) is 36.1 Å². The standard InChI is InChI=1S/C22H26N2O7S/c1-6-30-21(26)15-14(12-9-8-10-13(28-4)17(12)29-5)16(22(27)31-7-2)20-24(18(15)23)19(25)11(3)32-20/h8-11,14H,6-7,23H2,1-5H3. The number of benzene rings is 1. The van der Waals surface area contributed by atoms with Gasteiger partial charge < -0.3 is 24.7 Å². The van der Waals surface area contributed by atoms with E-state index >= 15 is 0 Å². The van der Waals surface area contributed by atoms with Crippen LogP contribution in [0.5, 0.6) is 11.5 Å². The van der Waals surface area contributed by atoms with Crippen LogP contribution in [0.2, 0.25) is 0 Å². The molecule has 0 radical (unpaired) electrons. The topological polar surface area (TPSA) is 117 Å². The number of para-hydroxylation sites is 1. The summed E-state index contributed by atoms with van der Waals surface area (Å²) in [5.74, 6) is -2.07. The Morgan fingerprint density at radius 1 is 1.06 bits per heavy atom. The molecule has 1 aromatic rings. The van der Waals surface area contributed by atoms with Gasteiger partial charge in [-0.05, 0) is 26.8 Å². The average Bonchev–Trinajstić information content (AvgIpc) is 3.07. The van der Waals surface area contributed by atoms with Crippen LogP contribution in [-0.4, -0.2) is 55.4 Å². The summed E-state index contributed by atoms with van der Waals surface area (Å²) in [7, 11) is 2.94. The largest absolute Gasteiger partial charge is 0.493 e. The molecule has 0 aliphatic carbocycles. The molecule has 2 heterocycles. The molecule has 2 unspecified atom stereocenters. The molecule has 9 nitrogen and oxygen atoms in total. The van der Waals surface area contributed by atoms with Gasteiger partial charge in [0.2, 0.25) is 5.91 Å². The molecule has 2 N–H and O–H groups in total. The van der Waals surface area contributed by atoms with Gasteiger partial charge in [0.05, 0.1) is 54.8 Å². The van der Waals surface area contributed by atoms with Crippen LogP contribution in [0, 0.1) is 0 Å². The van der Waals surface area contributed by atoms with E-state index in [9.17, 15) is 14.4 Å². The van der Waals surface area contributed by atoms with E-state index in [4.69, 9.17) is 24.7 Å². The Hall–Kier alpha value is -3.14. The van der Waals surface area contributed by atoms with Crippen molar-refractivity contribution in [1.82, 2.24) is 4.90 Å². The van der Waals surface area contributed by atoms with E-state index in [1.54, 1.807) is 39.0 Å². The van der Waals surface area contributed by atoms with Gasteiger partial charge in [0.15, 0.2) is 11.5 Å². The fraction of sp³-hybridized carbons (Fsp3) is 0.409. The van der Waals surface area contributed by atoms with E-state index in [0.717, 1.165) is 0 Å². The van der Waals surface area contributed by atoms with Gasteiger partial charge in [-0.2, -0.15) is 0 Å². The molecule has 0 spiro atoms. The van der Waals surface area contributed by atoms with Gasteiger partial charge in [-0.15, -0.1) is 0 Å². The number of nitrogens with two attached hydrogens (primary N) is 1. The fourth-order valence-electron chi connectivity index (χ4n) is 3.80. The quantitative estimate of drug-likeness (QED) is 0.609. The molecule has 1 aromatic carbocycles. The lowest BCUT2D eigenvalue weighted by Gasteiger charge is -2.33. The summed E-state index contributed by atoms with van der Waals surface area (Å²) < 4.78 is 21.6. The summed E-state index contributed by atoms with van der Waals surface area (Å²) >= 11 is 1.19. The minimum absolute atomic E-state index is 0.0340. The monoisotopic (exact) mass is 462 g/mol. The van der Waals surface area contributed by atoms with Crippen LogP contribution in [0.15, 0.2) is 40.2 Å². The third-order valence-corrected chi connectivity index (χ3v) is 6.30. The number of ether oxygens (including phenoxy) is 4. The number of amides is 1. The molecule has 1 fully saturated rings. The van der Waals surface area contributed by atoms with Crippen LogP contribution in [0.3, 0.4) is 0 Å². The lowest BCUT2D eigenvalue weighted by molar-refractivity contribution is -0.139. The van der Waals surface area contributed by atoms with E-state index in [0.29, 0.717) is 22.1 Å². The summed E-state index contributed by atoms with van der Waals surface area (Å²) in [6, 6.07) is 5.12. The Balaban J connectivity index is 2.38. The van der Waals surface area contributed by atoms with Gasteiger partial charge in [0, 0.05) is 5.56 Å². The average molecular weight is 463 g/mol. The summed E-state index contributed by atoms with van der Waals surface area (Å²) in [6.07, 6.45) is 0. The number of hydrogen-bond acceptors (Lipinski definition) is 9. The number of rotatable bonds is 7. The van der Waals surface area contributed by atoms with Crippen molar-refractivity contribution in [2.24, 2.45) is 5.73 Å². The van der Waals surface area contributed by atoms with Crippen molar-refractivity contribution in [2.45, 2.75) is 31.9 Å². The second-order valence-electron chi connectivity index (χ2n) is 6.91. The number of carbonyl (C=O) groups excluding carboxylic acids is 3. The van der Waals surface area contributed by atoms with Crippen LogP contribution in [0.4, 0.5) is 0 Å². The Kier molecular flexibility index (Phi) is 7.02. The predicted molar refractivity (Wildman–Crippen MR) is 118 cm³/mol. The Morgan fingerprint density at radius 3 is 2.25 bits per heavy atom. The molecule has 1 amide bonds. The second kappa shape index (κ2) is 9.56. The number of hydrogen-bond donors (Lipinski definition) is 1. The smallest absolute Gasteiger partial charge is 0.338 e. The third-order valence-electron chi connectivity index (χ3n) is 5.12. The van der Waals surface area contributed by atoms with Gasteiger partial charge in [-0.1, -0.05) is 23.9 Å². The fourth-order valence-corrected chi connectivity index (χ4v) is 4.96. The first-order valence-corrected chi connectivity index (χ1v) is 11.0. The maximum absolute atomic E-state index is 13.2. The molecule has 172 valence electrons. The highest BCUT2D eigenvalue weighted by atomic mass is 32.2. The number of methoxy groups -OCH3 is 2. The highest BCUT2D eigenvalue weighted by molar-refractivity contribution is 8.04. The maximum atomic E-state index is 13.2. The maximum Gasteiger partial charge on any atom is 0.338 e. The van der Waals surface area contributed by atoms with Gasteiger partial charge in [-0.25, -0.2) is 9.59 Å². The third kappa shape index (κ3) is 3.79. The van der Waals surface area contributed by atoms with Crippen LogP contribution >= 0.6 is 11.8 Å². The summed E-state index contributed by atoms with van der Waals surface area (Å²) in [5.41, 5.74) is 6.93. The van der Waals surface area contributed by atoms with Gasteiger partial charge in [0.25, 0.3) is 0 Å². The summed E-state index contributed by atoms with van der Waals surface area (Å²) in [4.78, 5) is 40.4. The number of fused-ring (bicyclic) bond motifs is 1. The molecule has 2 atom stereocenters. The number of thioether (sulfide) groups is 1. The molecule has 10 heteroatoms. The zero-order valence-corrected chi connectivity index (χ0v) is 19.4. The zero-order chi connectivity index (χ0) is 23.6. The van der Waals surface area contributed by atoms with E-state index in [2.05, 4.69) is 0 Å². The van der Waals surface area contributed by atoms with Crippen molar-refractivity contribution in [3.8, 4) is 11.5 Å². The lowest BCUT2D eigenvalue weighted by atomic mass is 9.81. The van der Waals surface area contributed by atoms with E-state index < -0.39 is 23.1 Å². The Morgan fingerprint density at radius 2 is 1.69 bits per heavy atom. The number of nitrogens with zero attached hydrogens (tertiary/aromatic N) is 1. The predicted octanol–water partition coefficient (Wildman–Crippen LogP) is 2.27. The van der Waals surface area contributed by atoms with Gasteiger partial charge in [-0.3, -0.25) is 9.69 Å². The molecule has 1 saturated heterocycles. The van der Waals surface area contributed by atoms with E-state index in [1.807, 2.05) is 0 Å². The molecule has 3 rings (SSSR count). The Labute approximate surface area is 190 Å². The van der Waals surface area contributed by atoms with Crippen LogP contribution in [-0.2, 0) is 23.9 Å². The molecule has 0 aromatic heterocycles. The minimum Gasteiger partial charge on any atom is -0.493 e. The van der Waals surface area contributed by atoms with Crippen molar-refractivity contribution >= 4 is 29.6 Å². The normalized spacial score (nSPS) is 20.3. The molecule has 0 bridgehead atoms. The molecule has 2 aliphatic rings. The Bertz CT molecular complexity index is 1020. The summed E-state index contributed by atoms with van der Waals surface area (Å²) in [5, 5.41) is -0.163. The first-order chi connectivity index (χ1) is 15.3. The van der Waals surface area contributed by atoms with Crippen molar-refractivity contribution in [3.05, 3.63) is 45.8 Å². The van der Waals surface area contributed by atoms with Crippen LogP contribution in [0.1, 0.15) is 32.3 Å². The lowest BCUT2D eigenvalue weighted by Crippen LogP contribution is -2.40. The zero-order valence-electron chi connectivity index (χ0n) is 18.6. The molecule has 32 heavy (non-hydrogen) atoms. The SMILES string of the molecule is CCOC(=O)C1=C(N)N2C(=O)C(C)SC2=C(C(=O)OCC)C1c1cccc(OC)c1OC. The molecular weight excluding hydrogens is 436 g/mol. The van der Waals surface area contributed by atoms with Crippen molar-refractivity contribution < 1.29 is 33.3 Å². The second-order valence-corrected chi connectivity index (χ2v) is 8.24. The highest BCUT2D eigenvalue weighted by Crippen LogP contribution is 2.52. The van der Waals surface area contributed by atoms with Crippen LogP contribution in [0.25, 0.3) is 0 Å². The highest BCUT2D eigenvalue weighted by Gasteiger charge is 2.49. The molecule has 2 aliphatic heterocycles. The number of esters is 2. The molecular formula is C22H26N2O7S. The first kappa shape index (κ1) is 23.5. The van der Waals surface area contributed by atoms with Crippen molar-refractivity contribution in [2.75, 3.05) is 27.4 Å². The first-order valence-electron chi connectivity index (χ1n) is 10.1. The molecule has 0 saturated carbocycles. The van der Waals surface area contributed by atoms with E-state index in [1.165, 1.54) is 30.9 Å².